The Hall–Kier alpha value is -2.67. The van der Waals surface area contributed by atoms with Crippen molar-refractivity contribution in [1.82, 2.24) is 15.5 Å². The van der Waals surface area contributed by atoms with Crippen LogP contribution in [0.25, 0.3) is 0 Å². The summed E-state index contributed by atoms with van der Waals surface area (Å²) in [6, 6.07) is 14.7. The molecular weight excluding hydrogens is 462 g/mol. The molecule has 2 aromatic carbocycles. The number of hydrogen-bond donors (Lipinski definition) is 1. The van der Waals surface area contributed by atoms with E-state index in [0.717, 1.165) is 27.8 Å². The van der Waals surface area contributed by atoms with Gasteiger partial charge >= 0.3 is 0 Å². The molecule has 1 unspecified atom stereocenters. The second-order valence-electron chi connectivity index (χ2n) is 9.54. The van der Waals surface area contributed by atoms with E-state index in [0.29, 0.717) is 24.4 Å². The van der Waals surface area contributed by atoms with Gasteiger partial charge in [-0.25, -0.2) is 0 Å². The number of nitrogens with zero attached hydrogens (tertiary/aromatic N) is 2. The topological polar surface area (TPSA) is 46.2 Å². The minimum Gasteiger partial charge on any atom is -0.493 e. The van der Waals surface area contributed by atoms with E-state index in [9.17, 15) is 0 Å². The largest absolute Gasteiger partial charge is 0.493 e. The first kappa shape index (κ1) is 25.4. The standard InChI is InChI=1S/C28H36ClN3O3/c1-31(2)28(23-11-13-24(29)14-12-23)22-9-5-20(6-10-22)7-15-25-19-32(30-35-25)18-21-8-16-26(33-3)27(17-21)34-4/h7-8,11-17,19-20,22,28,30H,5-6,9-10,18H2,1-4H3. The number of methoxy groups -OCH3 is 2. The first-order valence-electron chi connectivity index (χ1n) is 12.2. The van der Waals surface area contributed by atoms with Crippen molar-refractivity contribution in [3.8, 4) is 11.5 Å². The summed E-state index contributed by atoms with van der Waals surface area (Å²) in [6.45, 7) is 0.652. The summed E-state index contributed by atoms with van der Waals surface area (Å²) >= 11 is 6.11. The van der Waals surface area contributed by atoms with Crippen LogP contribution >= 0.6 is 11.6 Å². The van der Waals surface area contributed by atoms with E-state index in [1.807, 2.05) is 41.5 Å². The number of rotatable bonds is 9. The van der Waals surface area contributed by atoms with Crippen LogP contribution in [0.5, 0.6) is 11.5 Å². The molecule has 6 nitrogen and oxygen atoms in total. The molecule has 4 rings (SSSR count). The number of halogens is 1. The zero-order valence-corrected chi connectivity index (χ0v) is 21.8. The van der Waals surface area contributed by atoms with Gasteiger partial charge in [-0.3, -0.25) is 5.01 Å². The van der Waals surface area contributed by atoms with Crippen molar-refractivity contribution in [3.63, 3.8) is 0 Å². The van der Waals surface area contributed by atoms with E-state index in [2.05, 4.69) is 48.9 Å². The summed E-state index contributed by atoms with van der Waals surface area (Å²) in [5, 5.41) is 2.71. The first-order chi connectivity index (χ1) is 17.0. The fourth-order valence-electron chi connectivity index (χ4n) is 5.18. The zero-order valence-electron chi connectivity index (χ0n) is 21.0. The van der Waals surface area contributed by atoms with E-state index >= 15 is 0 Å². The van der Waals surface area contributed by atoms with Crippen LogP contribution in [0.4, 0.5) is 0 Å². The van der Waals surface area contributed by atoms with Crippen LogP contribution in [0.15, 0.2) is 66.6 Å². The molecule has 0 aromatic heterocycles. The quantitative estimate of drug-likeness (QED) is 0.450. The van der Waals surface area contributed by atoms with Gasteiger partial charge in [0.15, 0.2) is 17.3 Å². The van der Waals surface area contributed by atoms with Crippen molar-refractivity contribution in [1.29, 1.82) is 0 Å². The number of allylic oxidation sites excluding steroid dienone is 2. The molecule has 0 amide bonds. The molecule has 1 aliphatic heterocycles. The van der Waals surface area contributed by atoms with Crippen LogP contribution in [0, 0.1) is 11.8 Å². The van der Waals surface area contributed by atoms with Gasteiger partial charge in [0.05, 0.1) is 27.0 Å². The molecule has 0 saturated heterocycles. The Balaban J connectivity index is 1.30. The molecule has 1 heterocycles. The third-order valence-corrected chi connectivity index (χ3v) is 7.18. The van der Waals surface area contributed by atoms with Crippen molar-refractivity contribution in [2.75, 3.05) is 28.3 Å². The maximum absolute atomic E-state index is 6.11. The second-order valence-corrected chi connectivity index (χ2v) is 9.97. The normalized spacial score (nSPS) is 21.2. The molecule has 0 bridgehead atoms. The third kappa shape index (κ3) is 6.51. The van der Waals surface area contributed by atoms with Gasteiger partial charge in [0.1, 0.15) is 0 Å². The SMILES string of the molecule is COc1ccc(CN2C=C(C=CC3CCC(C(c4ccc(Cl)cc4)N(C)C)CC3)ON2)cc1OC. The number of nitrogens with one attached hydrogen (secondary N) is 1. The predicted molar refractivity (Wildman–Crippen MR) is 140 cm³/mol. The lowest BCUT2D eigenvalue weighted by Crippen LogP contribution is -2.30. The van der Waals surface area contributed by atoms with Crippen molar-refractivity contribution in [2.24, 2.45) is 11.8 Å². The van der Waals surface area contributed by atoms with Gasteiger partial charge in [0, 0.05) is 11.1 Å². The van der Waals surface area contributed by atoms with Crippen LogP contribution < -0.4 is 15.1 Å². The van der Waals surface area contributed by atoms with Crippen LogP contribution in [-0.2, 0) is 11.4 Å². The molecule has 188 valence electrons. The molecular formula is C28H36ClN3O3. The van der Waals surface area contributed by atoms with E-state index in [1.165, 1.54) is 31.2 Å². The molecule has 2 aromatic rings. The van der Waals surface area contributed by atoms with Gasteiger partial charge < -0.3 is 19.2 Å². The molecule has 1 N–H and O–H groups in total. The number of ether oxygens (including phenoxy) is 2. The first-order valence-corrected chi connectivity index (χ1v) is 12.6. The second kappa shape index (κ2) is 11.8. The summed E-state index contributed by atoms with van der Waals surface area (Å²) < 4.78 is 10.7. The average Bonchev–Trinajstić information content (AvgIpc) is 3.31. The van der Waals surface area contributed by atoms with Crippen molar-refractivity contribution >= 4 is 11.6 Å². The van der Waals surface area contributed by atoms with Gasteiger partial charge in [0.25, 0.3) is 0 Å². The minimum absolute atomic E-state index is 0.424. The zero-order chi connectivity index (χ0) is 24.8. The summed E-state index contributed by atoms with van der Waals surface area (Å²) in [4.78, 5) is 8.01. The highest BCUT2D eigenvalue weighted by Gasteiger charge is 2.29. The number of benzene rings is 2. The molecule has 1 fully saturated rings. The smallest absolute Gasteiger partial charge is 0.166 e. The molecule has 2 aliphatic rings. The molecule has 0 radical (unpaired) electrons. The summed E-state index contributed by atoms with van der Waals surface area (Å²) in [5.41, 5.74) is 5.41. The molecule has 35 heavy (non-hydrogen) atoms. The Morgan fingerprint density at radius 1 is 1.06 bits per heavy atom. The Labute approximate surface area is 214 Å². The van der Waals surface area contributed by atoms with Crippen molar-refractivity contribution in [2.45, 2.75) is 38.3 Å². The molecule has 1 atom stereocenters. The van der Waals surface area contributed by atoms with Crippen molar-refractivity contribution in [3.05, 3.63) is 82.7 Å². The minimum atomic E-state index is 0.424. The van der Waals surface area contributed by atoms with Gasteiger partial charge in [-0.15, -0.1) is 0 Å². The maximum Gasteiger partial charge on any atom is 0.166 e. The number of hydrogen-bond acceptors (Lipinski definition) is 6. The summed E-state index contributed by atoms with van der Waals surface area (Å²) in [5.74, 6) is 3.48. The van der Waals surface area contributed by atoms with E-state index in [1.54, 1.807) is 14.2 Å². The lowest BCUT2D eigenvalue weighted by molar-refractivity contribution is 0.0219. The monoisotopic (exact) mass is 497 g/mol. The highest BCUT2D eigenvalue weighted by molar-refractivity contribution is 6.30. The Kier molecular flexibility index (Phi) is 8.60. The lowest BCUT2D eigenvalue weighted by Gasteiger charge is -2.37. The highest BCUT2D eigenvalue weighted by atomic mass is 35.5. The summed E-state index contributed by atoms with van der Waals surface area (Å²) in [6.07, 6.45) is 11.2. The molecule has 0 spiro atoms. The lowest BCUT2D eigenvalue weighted by atomic mass is 9.76. The average molecular weight is 498 g/mol. The van der Waals surface area contributed by atoms with E-state index < -0.39 is 0 Å². The fraction of sp³-hybridized carbons (Fsp3) is 0.429. The van der Waals surface area contributed by atoms with Crippen LogP contribution in [0.1, 0.15) is 42.9 Å². The van der Waals surface area contributed by atoms with Crippen LogP contribution in [0.2, 0.25) is 5.02 Å². The Morgan fingerprint density at radius 3 is 2.43 bits per heavy atom. The molecule has 1 aliphatic carbocycles. The van der Waals surface area contributed by atoms with Gasteiger partial charge in [-0.1, -0.05) is 41.5 Å². The number of hydrazine groups is 1. The summed E-state index contributed by atoms with van der Waals surface area (Å²) in [7, 11) is 7.64. The van der Waals surface area contributed by atoms with Gasteiger partial charge in [-0.2, -0.15) is 0 Å². The highest BCUT2D eigenvalue weighted by Crippen LogP contribution is 2.40. The molecule has 7 heteroatoms. The Bertz CT molecular complexity index is 1030. The fourth-order valence-corrected chi connectivity index (χ4v) is 5.31. The van der Waals surface area contributed by atoms with Crippen LogP contribution in [0.3, 0.4) is 0 Å². The Morgan fingerprint density at radius 2 is 1.77 bits per heavy atom. The predicted octanol–water partition coefficient (Wildman–Crippen LogP) is 6.12. The third-order valence-electron chi connectivity index (χ3n) is 6.93. The van der Waals surface area contributed by atoms with Gasteiger partial charge in [-0.05, 0) is 93.1 Å². The maximum atomic E-state index is 6.11. The van der Waals surface area contributed by atoms with Crippen molar-refractivity contribution < 1.29 is 14.3 Å². The van der Waals surface area contributed by atoms with Crippen LogP contribution in [-0.4, -0.2) is 38.2 Å². The van der Waals surface area contributed by atoms with E-state index in [-0.39, 0.29) is 0 Å². The van der Waals surface area contributed by atoms with Gasteiger partial charge in [0.2, 0.25) is 0 Å². The van der Waals surface area contributed by atoms with E-state index in [4.69, 9.17) is 25.9 Å². The molecule has 1 saturated carbocycles.